The summed E-state index contributed by atoms with van der Waals surface area (Å²) < 4.78 is 17.5. The van der Waals surface area contributed by atoms with E-state index in [9.17, 15) is 9.59 Å². The van der Waals surface area contributed by atoms with E-state index in [-0.39, 0.29) is 24.6 Å². The third-order valence-corrected chi connectivity index (χ3v) is 9.81. The Labute approximate surface area is 271 Å². The molecule has 2 amide bonds. The van der Waals surface area contributed by atoms with Crippen molar-refractivity contribution < 1.29 is 23.8 Å². The second-order valence-corrected chi connectivity index (χ2v) is 13.5. The van der Waals surface area contributed by atoms with E-state index >= 15 is 0 Å². The molecule has 0 aromatic heterocycles. The van der Waals surface area contributed by atoms with Crippen molar-refractivity contribution in [3.8, 4) is 11.5 Å². The summed E-state index contributed by atoms with van der Waals surface area (Å²) in [6, 6.07) is 16.7. The minimum Gasteiger partial charge on any atom is -0.457 e. The van der Waals surface area contributed by atoms with Crippen molar-refractivity contribution in [1.82, 2.24) is 15.5 Å². The first kappa shape index (κ1) is 34.6. The maximum absolute atomic E-state index is 13.4. The van der Waals surface area contributed by atoms with Crippen molar-refractivity contribution in [2.45, 2.75) is 70.2 Å². The number of rotatable bonds is 18. The molecule has 0 bridgehead atoms. The molecule has 1 saturated carbocycles. The van der Waals surface area contributed by atoms with Gasteiger partial charge in [-0.2, -0.15) is 11.8 Å². The Bertz CT molecular complexity index is 1100. The number of benzene rings is 2. The van der Waals surface area contributed by atoms with Gasteiger partial charge in [0.2, 0.25) is 11.8 Å². The van der Waals surface area contributed by atoms with Crippen LogP contribution in [0.5, 0.6) is 11.5 Å². The van der Waals surface area contributed by atoms with Crippen molar-refractivity contribution in [3.63, 3.8) is 0 Å². The largest absolute Gasteiger partial charge is 0.457 e. The zero-order valence-electron chi connectivity index (χ0n) is 26.0. The van der Waals surface area contributed by atoms with Crippen molar-refractivity contribution >= 4 is 35.3 Å². The molecule has 0 spiro atoms. The summed E-state index contributed by atoms with van der Waals surface area (Å²) in [4.78, 5) is 28.7. The van der Waals surface area contributed by atoms with Gasteiger partial charge >= 0.3 is 0 Å². The van der Waals surface area contributed by atoms with E-state index < -0.39 is 6.04 Å². The van der Waals surface area contributed by atoms with Gasteiger partial charge < -0.3 is 24.8 Å². The van der Waals surface area contributed by atoms with Gasteiger partial charge in [0.15, 0.2) is 6.29 Å². The number of hydrogen-bond donors (Lipinski definition) is 2. The number of nitrogens with zero attached hydrogens (tertiary/aromatic N) is 1. The summed E-state index contributed by atoms with van der Waals surface area (Å²) in [5.74, 6) is 4.21. The van der Waals surface area contributed by atoms with Crippen LogP contribution in [0.4, 0.5) is 0 Å². The van der Waals surface area contributed by atoms with Crippen LogP contribution in [-0.2, 0) is 25.6 Å². The topological polar surface area (TPSA) is 89.1 Å². The van der Waals surface area contributed by atoms with Gasteiger partial charge in [0.05, 0.1) is 13.2 Å². The second-order valence-electron chi connectivity index (χ2n) is 11.6. The molecule has 2 aromatic carbocycles. The SMILES string of the molecule is CSCN(CCOC1CCCCO1)CC(=O)N[C@@H](CSCC1CCCCC1)C(=O)NCc1ccc(Oc2ccccc2)cc1. The Hall–Kier alpha value is -2.24. The monoisotopic (exact) mass is 643 g/mol. The van der Waals surface area contributed by atoms with Gasteiger partial charge in [0.1, 0.15) is 17.5 Å². The first-order valence-electron chi connectivity index (χ1n) is 16.0. The fourth-order valence-corrected chi connectivity index (χ4v) is 7.33. The summed E-state index contributed by atoms with van der Waals surface area (Å²) in [7, 11) is 0. The Morgan fingerprint density at radius 2 is 1.73 bits per heavy atom. The predicted molar refractivity (Wildman–Crippen MR) is 180 cm³/mol. The van der Waals surface area contributed by atoms with E-state index in [1.165, 1.54) is 32.1 Å². The molecule has 1 aliphatic heterocycles. The fraction of sp³-hybridized carbons (Fsp3) is 0.588. The van der Waals surface area contributed by atoms with Crippen LogP contribution in [0.3, 0.4) is 0 Å². The predicted octanol–water partition coefficient (Wildman–Crippen LogP) is 6.06. The number of carbonyl (C=O) groups is 2. The van der Waals surface area contributed by atoms with E-state index in [0.29, 0.717) is 37.2 Å². The summed E-state index contributed by atoms with van der Waals surface area (Å²) in [5.41, 5.74) is 0.965. The Balaban J connectivity index is 1.27. The number of para-hydroxylation sites is 1. The van der Waals surface area contributed by atoms with Crippen molar-refractivity contribution in [3.05, 3.63) is 60.2 Å². The molecule has 44 heavy (non-hydrogen) atoms. The minimum absolute atomic E-state index is 0.143. The number of nitrogens with one attached hydrogen (secondary N) is 2. The van der Waals surface area contributed by atoms with Gasteiger partial charge in [-0.3, -0.25) is 14.5 Å². The summed E-state index contributed by atoms with van der Waals surface area (Å²) >= 11 is 3.44. The molecule has 1 unspecified atom stereocenters. The molecule has 2 N–H and O–H groups in total. The highest BCUT2D eigenvalue weighted by molar-refractivity contribution is 7.99. The molecular formula is C34H49N3O5S2. The molecule has 1 aliphatic carbocycles. The summed E-state index contributed by atoms with van der Waals surface area (Å²) in [6.07, 6.45) is 11.4. The van der Waals surface area contributed by atoms with E-state index in [1.807, 2.05) is 60.9 Å². The van der Waals surface area contributed by atoms with Gasteiger partial charge in [-0.25, -0.2) is 0 Å². The number of ether oxygens (including phenoxy) is 3. The van der Waals surface area contributed by atoms with Gasteiger partial charge in [-0.05, 0) is 79.9 Å². The normalized spacial score (nSPS) is 18.1. The molecule has 10 heteroatoms. The average Bonchev–Trinajstić information content (AvgIpc) is 3.05. The number of amides is 2. The standard InChI is InChI=1S/C34H49N3O5S2/c1-43-26-37(19-21-41-33-14-8-9-20-40-33)23-32(38)36-31(25-44-24-28-10-4-2-5-11-28)34(39)35-22-27-15-17-30(18-16-27)42-29-12-6-3-7-13-29/h3,6-7,12-13,15-18,28,31,33H,2,4-5,8-11,14,19-26H2,1H3,(H,35,39)(H,36,38)/t31-,33?/m0/s1. The number of hydrogen-bond acceptors (Lipinski definition) is 8. The van der Waals surface area contributed by atoms with Gasteiger partial charge in [0.25, 0.3) is 0 Å². The van der Waals surface area contributed by atoms with E-state index in [4.69, 9.17) is 14.2 Å². The maximum atomic E-state index is 13.4. The number of carbonyl (C=O) groups excluding carboxylic acids is 2. The fourth-order valence-electron chi connectivity index (χ4n) is 5.47. The van der Waals surface area contributed by atoms with Crippen LogP contribution in [-0.4, -0.2) is 79.0 Å². The van der Waals surface area contributed by atoms with E-state index in [1.54, 1.807) is 23.5 Å². The molecule has 2 fully saturated rings. The molecule has 4 rings (SSSR count). The maximum Gasteiger partial charge on any atom is 0.243 e. The zero-order valence-corrected chi connectivity index (χ0v) is 27.7. The molecule has 1 saturated heterocycles. The van der Waals surface area contributed by atoms with Crippen molar-refractivity contribution in [2.24, 2.45) is 5.92 Å². The third-order valence-electron chi connectivity index (χ3n) is 7.91. The van der Waals surface area contributed by atoms with Crippen LogP contribution in [0.25, 0.3) is 0 Å². The van der Waals surface area contributed by atoms with Crippen LogP contribution < -0.4 is 15.4 Å². The van der Waals surface area contributed by atoms with Crippen LogP contribution in [0, 0.1) is 5.92 Å². The van der Waals surface area contributed by atoms with Crippen LogP contribution in [0.15, 0.2) is 54.6 Å². The second kappa shape index (κ2) is 20.0. The first-order valence-corrected chi connectivity index (χ1v) is 18.5. The lowest BCUT2D eigenvalue weighted by Gasteiger charge is -2.26. The highest BCUT2D eigenvalue weighted by atomic mass is 32.2. The van der Waals surface area contributed by atoms with Crippen molar-refractivity contribution in [1.29, 1.82) is 0 Å². The Kier molecular flexibility index (Phi) is 15.7. The molecule has 2 aliphatic rings. The van der Waals surface area contributed by atoms with Crippen LogP contribution >= 0.6 is 23.5 Å². The van der Waals surface area contributed by atoms with Crippen molar-refractivity contribution in [2.75, 3.05) is 49.9 Å². The molecule has 2 aromatic rings. The minimum atomic E-state index is -0.597. The molecule has 242 valence electrons. The molecule has 8 nitrogen and oxygen atoms in total. The van der Waals surface area contributed by atoms with Gasteiger partial charge in [-0.1, -0.05) is 49.6 Å². The lowest BCUT2D eigenvalue weighted by atomic mass is 9.91. The Morgan fingerprint density at radius 3 is 2.45 bits per heavy atom. The van der Waals surface area contributed by atoms with E-state index in [2.05, 4.69) is 15.5 Å². The third kappa shape index (κ3) is 13.0. The Morgan fingerprint density at radius 1 is 0.977 bits per heavy atom. The lowest BCUT2D eigenvalue weighted by Crippen LogP contribution is -2.51. The van der Waals surface area contributed by atoms with Crippen LogP contribution in [0.1, 0.15) is 56.9 Å². The van der Waals surface area contributed by atoms with Gasteiger partial charge in [0, 0.05) is 31.3 Å². The first-order chi connectivity index (χ1) is 21.6. The van der Waals surface area contributed by atoms with Crippen LogP contribution in [0.2, 0.25) is 0 Å². The number of thioether (sulfide) groups is 2. The average molecular weight is 644 g/mol. The lowest BCUT2D eigenvalue weighted by molar-refractivity contribution is -0.164. The zero-order chi connectivity index (χ0) is 30.8. The molecule has 0 radical (unpaired) electrons. The van der Waals surface area contributed by atoms with E-state index in [0.717, 1.165) is 48.7 Å². The smallest absolute Gasteiger partial charge is 0.243 e. The highest BCUT2D eigenvalue weighted by Gasteiger charge is 2.23. The molecular weight excluding hydrogens is 595 g/mol. The molecule has 2 atom stereocenters. The quantitative estimate of drug-likeness (QED) is 0.190. The highest BCUT2D eigenvalue weighted by Crippen LogP contribution is 2.27. The summed E-state index contributed by atoms with van der Waals surface area (Å²) in [5, 5.41) is 6.10. The molecule has 1 heterocycles. The summed E-state index contributed by atoms with van der Waals surface area (Å²) in [6.45, 7) is 2.48. The van der Waals surface area contributed by atoms with Gasteiger partial charge in [-0.15, -0.1) is 11.8 Å².